The molecule has 8 heteroatoms. The molecule has 6 nitrogen and oxygen atoms in total. The van der Waals surface area contributed by atoms with E-state index >= 15 is 0 Å². The summed E-state index contributed by atoms with van der Waals surface area (Å²) in [5.74, 6) is -0.454. The van der Waals surface area contributed by atoms with Crippen molar-refractivity contribution in [3.8, 4) is 0 Å². The van der Waals surface area contributed by atoms with Gasteiger partial charge in [-0.3, -0.25) is 4.90 Å². The first-order valence-corrected chi connectivity index (χ1v) is 11.0. The van der Waals surface area contributed by atoms with E-state index in [4.69, 9.17) is 4.74 Å². The minimum absolute atomic E-state index is 0. The fourth-order valence-corrected chi connectivity index (χ4v) is 4.63. The van der Waals surface area contributed by atoms with Gasteiger partial charge >= 0.3 is 5.97 Å². The molecule has 29 heavy (non-hydrogen) atoms. The number of likely N-dealkylation sites (tertiary alicyclic amines) is 1. The first-order valence-electron chi connectivity index (χ1n) is 9.54. The Hall–Kier alpha value is -1.93. The van der Waals surface area contributed by atoms with E-state index < -0.39 is 16.0 Å². The van der Waals surface area contributed by atoms with Gasteiger partial charge in [-0.25, -0.2) is 17.9 Å². The molecule has 2 aromatic carbocycles. The Kier molecular flexibility index (Phi) is 8.64. The monoisotopic (exact) mass is 438 g/mol. The van der Waals surface area contributed by atoms with Crippen LogP contribution in [0.4, 0.5) is 0 Å². The number of ether oxygens (including phenoxy) is 1. The minimum Gasteiger partial charge on any atom is -0.462 e. The molecule has 1 saturated heterocycles. The van der Waals surface area contributed by atoms with Crippen LogP contribution in [0.5, 0.6) is 0 Å². The summed E-state index contributed by atoms with van der Waals surface area (Å²) in [5.41, 5.74) is 1.61. The van der Waals surface area contributed by atoms with Gasteiger partial charge in [-0.15, -0.1) is 12.4 Å². The number of nitrogens with zero attached hydrogens (tertiary/aromatic N) is 1. The fraction of sp³-hybridized carbons (Fsp3) is 0.381. The van der Waals surface area contributed by atoms with E-state index in [-0.39, 0.29) is 30.0 Å². The number of carbonyl (C=O) groups is 1. The van der Waals surface area contributed by atoms with Crippen molar-refractivity contribution in [1.82, 2.24) is 9.62 Å². The number of sulfonamides is 1. The second-order valence-corrected chi connectivity index (χ2v) is 8.62. The van der Waals surface area contributed by atoms with Gasteiger partial charge in [-0.05, 0) is 49.6 Å². The highest BCUT2D eigenvalue weighted by Gasteiger charge is 2.25. The first kappa shape index (κ1) is 23.3. The Labute approximate surface area is 178 Å². The molecule has 2 aromatic rings. The standard InChI is InChI=1S/C21H26N2O4S.ClH/c1-2-27-21(24)18-8-10-20(11-9-18)28(25,26)22-19-12-14-23(15-13-19)16-17-6-4-3-5-7-17;/h3-11,19,22H,2,12-16H2,1H3;1H. The van der Waals surface area contributed by atoms with Crippen LogP contribution in [0.2, 0.25) is 0 Å². The van der Waals surface area contributed by atoms with Gasteiger partial charge in [0.1, 0.15) is 0 Å². The minimum atomic E-state index is -3.61. The van der Waals surface area contributed by atoms with Crippen LogP contribution in [0.3, 0.4) is 0 Å². The summed E-state index contributed by atoms with van der Waals surface area (Å²) < 4.78 is 33.0. The first-order chi connectivity index (χ1) is 13.5. The zero-order valence-corrected chi connectivity index (χ0v) is 18.0. The Morgan fingerprint density at radius 2 is 1.69 bits per heavy atom. The van der Waals surface area contributed by atoms with Gasteiger partial charge in [0.2, 0.25) is 10.0 Å². The molecule has 0 spiro atoms. The lowest BCUT2D eigenvalue weighted by molar-refractivity contribution is 0.0526. The molecule has 0 atom stereocenters. The number of nitrogens with one attached hydrogen (secondary N) is 1. The van der Waals surface area contributed by atoms with Gasteiger partial charge in [0.25, 0.3) is 0 Å². The van der Waals surface area contributed by atoms with Crippen LogP contribution >= 0.6 is 12.4 Å². The van der Waals surface area contributed by atoms with Gasteiger partial charge in [-0.1, -0.05) is 30.3 Å². The van der Waals surface area contributed by atoms with Crippen molar-refractivity contribution in [2.45, 2.75) is 37.2 Å². The maximum atomic E-state index is 12.6. The molecule has 1 N–H and O–H groups in total. The van der Waals surface area contributed by atoms with Gasteiger partial charge in [0.15, 0.2) is 0 Å². The van der Waals surface area contributed by atoms with Crippen molar-refractivity contribution >= 4 is 28.4 Å². The van der Waals surface area contributed by atoms with Crippen LogP contribution in [0.1, 0.15) is 35.7 Å². The van der Waals surface area contributed by atoms with E-state index in [0.717, 1.165) is 32.5 Å². The number of benzene rings is 2. The van der Waals surface area contributed by atoms with Crippen molar-refractivity contribution in [2.75, 3.05) is 19.7 Å². The molecule has 1 aliphatic heterocycles. The molecule has 0 amide bonds. The summed E-state index contributed by atoms with van der Waals surface area (Å²) in [6.45, 7) is 4.60. The maximum Gasteiger partial charge on any atom is 0.338 e. The molecule has 1 aliphatic rings. The summed E-state index contributed by atoms with van der Waals surface area (Å²) in [7, 11) is -3.61. The Morgan fingerprint density at radius 1 is 1.07 bits per heavy atom. The van der Waals surface area contributed by atoms with E-state index in [9.17, 15) is 13.2 Å². The van der Waals surface area contributed by atoms with E-state index in [1.54, 1.807) is 6.92 Å². The molecule has 3 rings (SSSR count). The van der Waals surface area contributed by atoms with Crippen LogP contribution in [0.25, 0.3) is 0 Å². The quantitative estimate of drug-likeness (QED) is 0.671. The smallest absolute Gasteiger partial charge is 0.338 e. The molecule has 0 unspecified atom stereocenters. The van der Waals surface area contributed by atoms with Gasteiger partial charge in [0.05, 0.1) is 17.1 Å². The molecule has 0 saturated carbocycles. The SMILES string of the molecule is CCOC(=O)c1ccc(S(=O)(=O)NC2CCN(Cc3ccccc3)CC2)cc1.Cl. The third kappa shape index (κ3) is 6.54. The molecule has 158 valence electrons. The van der Waals surface area contributed by atoms with Gasteiger partial charge in [0, 0.05) is 25.7 Å². The third-order valence-corrected chi connectivity index (χ3v) is 6.37. The van der Waals surface area contributed by atoms with E-state index in [1.165, 1.54) is 29.8 Å². The molecule has 1 heterocycles. The second kappa shape index (κ2) is 10.7. The number of piperidine rings is 1. The molecular weight excluding hydrogens is 412 g/mol. The number of hydrogen-bond acceptors (Lipinski definition) is 5. The topological polar surface area (TPSA) is 75.7 Å². The van der Waals surface area contributed by atoms with Crippen LogP contribution in [0, 0.1) is 0 Å². The lowest BCUT2D eigenvalue weighted by atomic mass is 10.1. The number of carbonyl (C=O) groups excluding carboxylic acids is 1. The maximum absolute atomic E-state index is 12.6. The normalized spacial score (nSPS) is 15.5. The van der Waals surface area contributed by atoms with Gasteiger partial charge < -0.3 is 4.74 Å². The van der Waals surface area contributed by atoms with Crippen molar-refractivity contribution < 1.29 is 17.9 Å². The van der Waals surface area contributed by atoms with Crippen molar-refractivity contribution in [3.05, 3.63) is 65.7 Å². The summed E-state index contributed by atoms with van der Waals surface area (Å²) in [5, 5.41) is 0. The number of hydrogen-bond donors (Lipinski definition) is 1. The number of esters is 1. The van der Waals surface area contributed by atoms with Crippen LogP contribution in [0.15, 0.2) is 59.5 Å². The summed E-state index contributed by atoms with van der Waals surface area (Å²) in [4.78, 5) is 14.2. The van der Waals surface area contributed by atoms with E-state index in [0.29, 0.717) is 5.56 Å². The highest BCUT2D eigenvalue weighted by Crippen LogP contribution is 2.17. The number of rotatable bonds is 7. The van der Waals surface area contributed by atoms with E-state index in [2.05, 4.69) is 21.8 Å². The molecule has 0 aromatic heterocycles. The molecule has 1 fully saturated rings. The third-order valence-electron chi connectivity index (χ3n) is 4.83. The molecule has 0 bridgehead atoms. The summed E-state index contributed by atoms with van der Waals surface area (Å²) in [6.07, 6.45) is 1.54. The average molecular weight is 439 g/mol. The Balaban J connectivity index is 0.00000300. The number of halogens is 1. The lowest BCUT2D eigenvalue weighted by Gasteiger charge is -2.32. The van der Waals surface area contributed by atoms with Crippen LogP contribution in [-0.4, -0.2) is 45.0 Å². The van der Waals surface area contributed by atoms with Gasteiger partial charge in [-0.2, -0.15) is 0 Å². The average Bonchev–Trinajstić information content (AvgIpc) is 2.70. The largest absolute Gasteiger partial charge is 0.462 e. The zero-order chi connectivity index (χ0) is 20.0. The highest BCUT2D eigenvalue weighted by atomic mass is 35.5. The molecule has 0 radical (unpaired) electrons. The predicted octanol–water partition coefficient (Wildman–Crippen LogP) is 3.23. The van der Waals surface area contributed by atoms with Crippen molar-refractivity contribution in [1.29, 1.82) is 0 Å². The second-order valence-electron chi connectivity index (χ2n) is 6.90. The lowest BCUT2D eigenvalue weighted by Crippen LogP contribution is -2.44. The zero-order valence-electron chi connectivity index (χ0n) is 16.4. The Bertz CT molecular complexity index is 881. The van der Waals surface area contributed by atoms with Crippen LogP contribution < -0.4 is 4.72 Å². The van der Waals surface area contributed by atoms with E-state index in [1.807, 2.05) is 18.2 Å². The molecular formula is C21H27ClN2O4S. The fourth-order valence-electron chi connectivity index (χ4n) is 3.32. The summed E-state index contributed by atoms with van der Waals surface area (Å²) >= 11 is 0. The predicted molar refractivity (Wildman–Crippen MR) is 115 cm³/mol. The summed E-state index contributed by atoms with van der Waals surface area (Å²) in [6, 6.07) is 16.0. The van der Waals surface area contributed by atoms with Crippen LogP contribution in [-0.2, 0) is 21.3 Å². The Morgan fingerprint density at radius 3 is 2.28 bits per heavy atom. The highest BCUT2D eigenvalue weighted by molar-refractivity contribution is 7.89. The molecule has 0 aliphatic carbocycles. The van der Waals surface area contributed by atoms with Crippen molar-refractivity contribution in [2.24, 2.45) is 0 Å². The van der Waals surface area contributed by atoms with Crippen molar-refractivity contribution in [3.63, 3.8) is 0 Å².